The van der Waals surface area contributed by atoms with Gasteiger partial charge in [0.2, 0.25) is 20.0 Å². The van der Waals surface area contributed by atoms with Gasteiger partial charge in [0.05, 0.1) is 0 Å². The maximum atomic E-state index is 13.5. The second-order valence-corrected chi connectivity index (χ2v) is 19.9. The third-order valence-corrected chi connectivity index (χ3v) is 14.8. The number of sulfonamides is 2. The molecule has 16 heteroatoms. The minimum absolute atomic E-state index is 0.215. The Morgan fingerprint density at radius 3 is 0.917 bits per heavy atom. The van der Waals surface area contributed by atoms with E-state index < -0.39 is 42.8 Å². The second kappa shape index (κ2) is 20.0. The Morgan fingerprint density at radius 1 is 0.483 bits per heavy atom. The monoisotopic (exact) mass is 856 g/mol. The zero-order valence-corrected chi connectivity index (χ0v) is 37.1. The van der Waals surface area contributed by atoms with Crippen molar-refractivity contribution in [3.63, 3.8) is 0 Å². The average molecular weight is 857 g/mol. The lowest BCUT2D eigenvalue weighted by Crippen LogP contribution is -2.40. The summed E-state index contributed by atoms with van der Waals surface area (Å²) in [5.41, 5.74) is 7.98. The summed E-state index contributed by atoms with van der Waals surface area (Å²) in [6.07, 6.45) is 0.0183. The van der Waals surface area contributed by atoms with E-state index in [0.717, 1.165) is 44.5 Å². The van der Waals surface area contributed by atoms with Gasteiger partial charge in [0, 0.05) is 40.3 Å². The van der Waals surface area contributed by atoms with Crippen LogP contribution in [-0.2, 0) is 60.3 Å². The smallest absolute Gasteiger partial charge is 0.220 e. The molecule has 60 heavy (non-hydrogen) atoms. The van der Waals surface area contributed by atoms with Gasteiger partial charge >= 0.3 is 0 Å². The molecule has 0 aliphatic carbocycles. The molecule has 2 heterocycles. The van der Waals surface area contributed by atoms with Crippen molar-refractivity contribution in [2.24, 2.45) is 14.1 Å². The predicted molar refractivity (Wildman–Crippen MR) is 232 cm³/mol. The highest BCUT2D eigenvalue weighted by Crippen LogP contribution is 2.28. The van der Waals surface area contributed by atoms with Gasteiger partial charge in [0.1, 0.15) is 35.4 Å². The Balaban J connectivity index is 0.000000228. The van der Waals surface area contributed by atoms with Crippen LogP contribution in [0.3, 0.4) is 0 Å². The Hall–Kier alpha value is -5.10. The molecule has 0 radical (unpaired) electrons. The van der Waals surface area contributed by atoms with Crippen molar-refractivity contribution in [3.05, 3.63) is 166 Å². The summed E-state index contributed by atoms with van der Waals surface area (Å²) >= 11 is 0. The molecule has 4 aromatic carbocycles. The first-order chi connectivity index (χ1) is 28.4. The van der Waals surface area contributed by atoms with Gasteiger partial charge in [-0.15, -0.1) is 0 Å². The Bertz CT molecular complexity index is 2230. The highest BCUT2D eigenvalue weighted by Gasteiger charge is 2.38. The molecule has 0 spiro atoms. The number of aliphatic hydroxyl groups excluding tert-OH is 2. The second-order valence-electron chi connectivity index (χ2n) is 15.4. The van der Waals surface area contributed by atoms with Gasteiger partial charge in [-0.25, -0.2) is 26.8 Å². The van der Waals surface area contributed by atoms with E-state index in [1.807, 2.05) is 125 Å². The van der Waals surface area contributed by atoms with Crippen LogP contribution in [0.4, 0.5) is 0 Å². The summed E-state index contributed by atoms with van der Waals surface area (Å²) in [6, 6.07) is 31.1. The Kier molecular flexibility index (Phi) is 15.3. The molecule has 2 N–H and O–H groups in total. The van der Waals surface area contributed by atoms with Gasteiger partial charge < -0.3 is 10.2 Å². The summed E-state index contributed by atoms with van der Waals surface area (Å²) in [6.45, 7) is 11.8. The quantitative estimate of drug-likeness (QED) is 0.122. The third-order valence-electron chi connectivity index (χ3n) is 10.5. The molecule has 0 bridgehead atoms. The van der Waals surface area contributed by atoms with Gasteiger partial charge in [-0.2, -0.15) is 18.8 Å². The summed E-state index contributed by atoms with van der Waals surface area (Å²) in [7, 11) is -4.46. The first kappa shape index (κ1) is 46.0. The fraction of sp³-hybridized carbons (Fsp3) is 0.364. The van der Waals surface area contributed by atoms with Crippen molar-refractivity contribution < 1.29 is 27.0 Å². The van der Waals surface area contributed by atoms with Crippen molar-refractivity contribution in [1.29, 1.82) is 0 Å². The van der Waals surface area contributed by atoms with Crippen molar-refractivity contribution in [3.8, 4) is 0 Å². The van der Waals surface area contributed by atoms with Crippen LogP contribution in [0, 0.1) is 27.7 Å². The van der Waals surface area contributed by atoms with Gasteiger partial charge in [-0.1, -0.05) is 119 Å². The van der Waals surface area contributed by atoms with E-state index in [2.05, 4.69) is 20.2 Å². The molecule has 0 unspecified atom stereocenters. The molecule has 0 amide bonds. The third kappa shape index (κ3) is 11.6. The molecule has 0 fully saturated rings. The average Bonchev–Trinajstić information content (AvgIpc) is 3.87. The highest BCUT2D eigenvalue weighted by atomic mass is 32.2. The van der Waals surface area contributed by atoms with Crippen LogP contribution in [-0.4, -0.2) is 75.7 Å². The maximum absolute atomic E-state index is 13.5. The molecule has 4 atom stereocenters. The normalized spacial score (nSPS) is 14.1. The predicted octanol–water partition coefficient (Wildman–Crippen LogP) is 5.77. The largest absolute Gasteiger partial charge is 0.384 e. The number of aryl methyl sites for hydroxylation is 6. The van der Waals surface area contributed by atoms with E-state index in [1.165, 1.54) is 44.5 Å². The molecular weight excluding hydrogens is 801 g/mol. The maximum Gasteiger partial charge on any atom is 0.220 e. The van der Waals surface area contributed by atoms with Crippen LogP contribution >= 0.6 is 0 Å². The van der Waals surface area contributed by atoms with E-state index in [-0.39, 0.29) is 37.8 Å². The highest BCUT2D eigenvalue weighted by molar-refractivity contribution is 7.90. The zero-order valence-electron chi connectivity index (χ0n) is 35.5. The van der Waals surface area contributed by atoms with Crippen LogP contribution in [0.5, 0.6) is 0 Å². The first-order valence-electron chi connectivity index (χ1n) is 19.6. The van der Waals surface area contributed by atoms with Crippen LogP contribution in [0.2, 0.25) is 0 Å². The number of benzene rings is 4. The lowest BCUT2D eigenvalue weighted by Gasteiger charge is -2.28. The molecular formula is C44H56N8O6S2. The van der Waals surface area contributed by atoms with Crippen LogP contribution in [0.15, 0.2) is 110 Å². The minimum atomic E-state index is -3.86. The lowest BCUT2D eigenvalue weighted by atomic mass is 10.1. The molecule has 2 aromatic heterocycles. The fourth-order valence-electron chi connectivity index (χ4n) is 6.42. The Labute approximate surface area is 354 Å². The van der Waals surface area contributed by atoms with Crippen molar-refractivity contribution in [1.82, 2.24) is 38.1 Å². The standard InChI is InChI=1S/2C22H28N4O3S/c2*1-16-5-9-19(10-6-16)13-26(14-20-11-7-17(2)8-12-20)30(28,29)18(3)21(27)22-23-15-24-25(22)4/h2*5-12,15,18,21,27H,13-14H2,1-4H3/t2*18-,21+/m00/s1. The summed E-state index contributed by atoms with van der Waals surface area (Å²) in [5.74, 6) is 0.438. The van der Waals surface area contributed by atoms with Crippen molar-refractivity contribution in [2.75, 3.05) is 0 Å². The van der Waals surface area contributed by atoms with E-state index >= 15 is 0 Å². The summed E-state index contributed by atoms with van der Waals surface area (Å²) in [5, 5.41) is 27.1. The molecule has 0 aliphatic rings. The molecule has 0 saturated heterocycles. The minimum Gasteiger partial charge on any atom is -0.384 e. The van der Waals surface area contributed by atoms with Crippen molar-refractivity contribution in [2.45, 2.75) is 90.4 Å². The summed E-state index contributed by atoms with van der Waals surface area (Å²) in [4.78, 5) is 8.03. The van der Waals surface area contributed by atoms with Gasteiger partial charge in [-0.3, -0.25) is 9.36 Å². The number of aliphatic hydroxyl groups is 2. The van der Waals surface area contributed by atoms with Crippen LogP contribution < -0.4 is 0 Å². The van der Waals surface area contributed by atoms with E-state index in [0.29, 0.717) is 0 Å². The van der Waals surface area contributed by atoms with Crippen LogP contribution in [0.1, 0.15) is 82.2 Å². The van der Waals surface area contributed by atoms with Crippen LogP contribution in [0.25, 0.3) is 0 Å². The van der Waals surface area contributed by atoms with Gasteiger partial charge in [0.25, 0.3) is 0 Å². The number of nitrogens with zero attached hydrogens (tertiary/aromatic N) is 8. The van der Waals surface area contributed by atoms with E-state index in [4.69, 9.17) is 0 Å². The molecule has 14 nitrogen and oxygen atoms in total. The lowest BCUT2D eigenvalue weighted by molar-refractivity contribution is 0.157. The number of hydrogen-bond donors (Lipinski definition) is 2. The first-order valence-corrected chi connectivity index (χ1v) is 22.6. The molecule has 0 saturated carbocycles. The number of aromatic nitrogens is 6. The van der Waals surface area contributed by atoms with Gasteiger partial charge in [0.15, 0.2) is 11.6 Å². The van der Waals surface area contributed by atoms with E-state index in [1.54, 1.807) is 14.1 Å². The molecule has 6 rings (SSSR count). The zero-order chi connectivity index (χ0) is 43.8. The summed E-state index contributed by atoms with van der Waals surface area (Å²) < 4.78 is 59.7. The number of rotatable bonds is 16. The van der Waals surface area contributed by atoms with Crippen molar-refractivity contribution >= 4 is 20.0 Å². The SMILES string of the molecule is Cc1ccc(CN(Cc2ccc(C)cc2)S(=O)(=O)[C@@H](C)[C@@H](O)c2ncnn2C)cc1.Cc1ccc(CN(Cc2ccc(C)cc2)S(=O)(=O)[C@@H](C)[C@@H](O)c2ncnn2C)cc1. The van der Waals surface area contributed by atoms with E-state index in [9.17, 15) is 27.0 Å². The molecule has 6 aromatic rings. The molecule has 0 aliphatic heterocycles. The molecule has 320 valence electrons. The topological polar surface area (TPSA) is 177 Å². The van der Waals surface area contributed by atoms with Gasteiger partial charge in [-0.05, 0) is 63.8 Å². The fourth-order valence-corrected chi connectivity index (χ4v) is 9.57. The number of hydrogen-bond acceptors (Lipinski definition) is 10. The Morgan fingerprint density at radius 2 is 0.717 bits per heavy atom.